The maximum absolute atomic E-state index is 11.0. The summed E-state index contributed by atoms with van der Waals surface area (Å²) in [6, 6.07) is 0. The normalized spacial score (nSPS) is 11.6. The molecular formula is C11H22O3. The Bertz CT molecular complexity index is 162. The Morgan fingerprint density at radius 3 is 2.14 bits per heavy atom. The average Bonchev–Trinajstić information content (AvgIpc) is 2.18. The lowest BCUT2D eigenvalue weighted by molar-refractivity contribution is -0.167. The summed E-state index contributed by atoms with van der Waals surface area (Å²) in [5.41, 5.74) is -0.951. The number of aliphatic carboxylic acids is 1. The second-order valence-corrected chi connectivity index (χ2v) is 3.56. The van der Waals surface area contributed by atoms with Crippen molar-refractivity contribution >= 4 is 5.97 Å². The van der Waals surface area contributed by atoms with Crippen LogP contribution in [0.3, 0.4) is 0 Å². The highest BCUT2D eigenvalue weighted by Crippen LogP contribution is 2.21. The second-order valence-electron chi connectivity index (χ2n) is 3.56. The topological polar surface area (TPSA) is 46.5 Å². The van der Waals surface area contributed by atoms with Crippen LogP contribution >= 0.6 is 0 Å². The van der Waals surface area contributed by atoms with Crippen molar-refractivity contribution in [2.24, 2.45) is 0 Å². The fourth-order valence-corrected chi connectivity index (χ4v) is 1.44. The largest absolute Gasteiger partial charge is 0.479 e. The van der Waals surface area contributed by atoms with Crippen LogP contribution in [0.25, 0.3) is 0 Å². The van der Waals surface area contributed by atoms with Crippen LogP contribution in [-0.4, -0.2) is 23.3 Å². The van der Waals surface area contributed by atoms with E-state index in [4.69, 9.17) is 9.84 Å². The maximum atomic E-state index is 11.0. The molecule has 0 aliphatic carbocycles. The van der Waals surface area contributed by atoms with E-state index in [1.54, 1.807) is 0 Å². The molecule has 0 bridgehead atoms. The number of rotatable bonds is 8. The van der Waals surface area contributed by atoms with E-state index in [-0.39, 0.29) is 0 Å². The molecule has 0 aromatic rings. The van der Waals surface area contributed by atoms with E-state index in [1.165, 1.54) is 0 Å². The van der Waals surface area contributed by atoms with Gasteiger partial charge in [0.25, 0.3) is 0 Å². The summed E-state index contributed by atoms with van der Waals surface area (Å²) in [7, 11) is 0. The number of carboxylic acid groups (broad SMARTS) is 1. The second kappa shape index (κ2) is 6.82. The lowest BCUT2D eigenvalue weighted by Crippen LogP contribution is -2.40. The van der Waals surface area contributed by atoms with Gasteiger partial charge in [-0.15, -0.1) is 0 Å². The zero-order valence-corrected chi connectivity index (χ0v) is 9.51. The van der Waals surface area contributed by atoms with Crippen LogP contribution in [0.1, 0.15) is 52.9 Å². The van der Waals surface area contributed by atoms with Gasteiger partial charge in [-0.05, 0) is 19.3 Å². The van der Waals surface area contributed by atoms with Crippen LogP contribution in [0.5, 0.6) is 0 Å². The fourth-order valence-electron chi connectivity index (χ4n) is 1.44. The number of unbranched alkanes of at least 4 members (excludes halogenated alkanes) is 2. The summed E-state index contributed by atoms with van der Waals surface area (Å²) in [5.74, 6) is -0.834. The standard InChI is InChI=1S/C11H22O3/c1-4-7-8-9-14-11(5-2,6-3)10(12)13/h4-9H2,1-3H3,(H,12,13). The average molecular weight is 202 g/mol. The molecule has 0 amide bonds. The van der Waals surface area contributed by atoms with Gasteiger partial charge in [0.2, 0.25) is 0 Å². The van der Waals surface area contributed by atoms with Crippen molar-refractivity contribution in [3.8, 4) is 0 Å². The summed E-state index contributed by atoms with van der Waals surface area (Å²) in [5, 5.41) is 9.06. The third kappa shape index (κ3) is 3.66. The quantitative estimate of drug-likeness (QED) is 0.616. The smallest absolute Gasteiger partial charge is 0.335 e. The fraction of sp³-hybridized carbons (Fsp3) is 0.909. The number of carbonyl (C=O) groups is 1. The summed E-state index contributed by atoms with van der Waals surface area (Å²) in [6.45, 7) is 6.39. The minimum absolute atomic E-state index is 0.533. The molecular weight excluding hydrogens is 180 g/mol. The van der Waals surface area contributed by atoms with Crippen LogP contribution in [0.4, 0.5) is 0 Å². The van der Waals surface area contributed by atoms with E-state index in [1.807, 2.05) is 13.8 Å². The Kier molecular flexibility index (Phi) is 6.54. The third-order valence-electron chi connectivity index (χ3n) is 2.66. The van der Waals surface area contributed by atoms with Crippen LogP contribution < -0.4 is 0 Å². The molecule has 0 unspecified atom stereocenters. The Labute approximate surface area is 86.5 Å². The van der Waals surface area contributed by atoms with Gasteiger partial charge in [-0.1, -0.05) is 33.6 Å². The molecule has 0 spiro atoms. The third-order valence-corrected chi connectivity index (χ3v) is 2.66. The highest BCUT2D eigenvalue weighted by Gasteiger charge is 2.35. The van der Waals surface area contributed by atoms with Crippen molar-refractivity contribution in [2.75, 3.05) is 6.61 Å². The Hall–Kier alpha value is -0.570. The van der Waals surface area contributed by atoms with E-state index in [9.17, 15) is 4.79 Å². The first-order chi connectivity index (χ1) is 6.63. The summed E-state index contributed by atoms with van der Waals surface area (Å²) >= 11 is 0. The van der Waals surface area contributed by atoms with Gasteiger partial charge in [0.1, 0.15) is 0 Å². The van der Waals surface area contributed by atoms with Gasteiger partial charge in [-0.2, -0.15) is 0 Å². The molecule has 84 valence electrons. The molecule has 0 aromatic carbocycles. The van der Waals surface area contributed by atoms with Crippen molar-refractivity contribution in [2.45, 2.75) is 58.5 Å². The highest BCUT2D eigenvalue weighted by molar-refractivity contribution is 5.77. The van der Waals surface area contributed by atoms with Gasteiger partial charge < -0.3 is 9.84 Å². The molecule has 1 N–H and O–H groups in total. The number of hydrogen-bond donors (Lipinski definition) is 1. The first-order valence-corrected chi connectivity index (χ1v) is 5.50. The van der Waals surface area contributed by atoms with Crippen LogP contribution in [0, 0.1) is 0 Å². The molecule has 0 atom stereocenters. The van der Waals surface area contributed by atoms with E-state index in [0.717, 1.165) is 19.3 Å². The van der Waals surface area contributed by atoms with Crippen LogP contribution in [0.15, 0.2) is 0 Å². The minimum atomic E-state index is -0.951. The molecule has 0 aliphatic rings. The molecule has 0 rings (SSSR count). The summed E-state index contributed by atoms with van der Waals surface area (Å²) < 4.78 is 5.49. The van der Waals surface area contributed by atoms with Gasteiger partial charge in [-0.3, -0.25) is 0 Å². The molecule has 3 heteroatoms. The monoisotopic (exact) mass is 202 g/mol. The molecule has 0 radical (unpaired) electrons. The predicted octanol–water partition coefficient (Wildman–Crippen LogP) is 2.84. The van der Waals surface area contributed by atoms with Crippen molar-refractivity contribution in [1.82, 2.24) is 0 Å². The van der Waals surface area contributed by atoms with E-state index < -0.39 is 11.6 Å². The van der Waals surface area contributed by atoms with E-state index in [2.05, 4.69) is 6.92 Å². The lowest BCUT2D eigenvalue weighted by atomic mass is 9.97. The summed E-state index contributed by atoms with van der Waals surface area (Å²) in [4.78, 5) is 11.0. The van der Waals surface area contributed by atoms with Gasteiger partial charge >= 0.3 is 5.97 Å². The first-order valence-electron chi connectivity index (χ1n) is 5.50. The SMILES string of the molecule is CCCCCOC(CC)(CC)C(=O)O. The number of ether oxygens (including phenoxy) is 1. The Morgan fingerprint density at radius 2 is 1.79 bits per heavy atom. The van der Waals surface area contributed by atoms with Crippen molar-refractivity contribution < 1.29 is 14.6 Å². The molecule has 3 nitrogen and oxygen atoms in total. The number of hydrogen-bond acceptors (Lipinski definition) is 2. The molecule has 0 aliphatic heterocycles. The molecule has 0 aromatic heterocycles. The molecule has 0 saturated carbocycles. The molecule has 0 saturated heterocycles. The van der Waals surface area contributed by atoms with E-state index in [0.29, 0.717) is 19.4 Å². The predicted molar refractivity (Wildman–Crippen MR) is 56.4 cm³/mol. The first kappa shape index (κ1) is 13.4. The highest BCUT2D eigenvalue weighted by atomic mass is 16.5. The van der Waals surface area contributed by atoms with Crippen molar-refractivity contribution in [1.29, 1.82) is 0 Å². The zero-order valence-electron chi connectivity index (χ0n) is 9.51. The van der Waals surface area contributed by atoms with Crippen LogP contribution in [0.2, 0.25) is 0 Å². The van der Waals surface area contributed by atoms with Gasteiger partial charge in [0, 0.05) is 6.61 Å². The summed E-state index contributed by atoms with van der Waals surface area (Å²) in [6.07, 6.45) is 4.24. The van der Waals surface area contributed by atoms with E-state index >= 15 is 0 Å². The molecule has 14 heavy (non-hydrogen) atoms. The zero-order chi connectivity index (χ0) is 11.0. The van der Waals surface area contributed by atoms with Crippen LogP contribution in [-0.2, 0) is 9.53 Å². The minimum Gasteiger partial charge on any atom is -0.479 e. The van der Waals surface area contributed by atoms with Crippen molar-refractivity contribution in [3.05, 3.63) is 0 Å². The lowest BCUT2D eigenvalue weighted by Gasteiger charge is -2.27. The van der Waals surface area contributed by atoms with Gasteiger partial charge in [0.05, 0.1) is 0 Å². The Balaban J connectivity index is 4.02. The molecule has 0 fully saturated rings. The van der Waals surface area contributed by atoms with Gasteiger partial charge in [-0.25, -0.2) is 4.79 Å². The molecule has 0 heterocycles. The van der Waals surface area contributed by atoms with Gasteiger partial charge in [0.15, 0.2) is 5.60 Å². The maximum Gasteiger partial charge on any atom is 0.335 e. The number of carboxylic acids is 1. The Morgan fingerprint density at radius 1 is 1.21 bits per heavy atom. The van der Waals surface area contributed by atoms with Crippen molar-refractivity contribution in [3.63, 3.8) is 0 Å².